The van der Waals surface area contributed by atoms with Crippen LogP contribution in [0.1, 0.15) is 55.5 Å². The van der Waals surface area contributed by atoms with Gasteiger partial charge >= 0.3 is 11.9 Å². The van der Waals surface area contributed by atoms with E-state index in [1.807, 2.05) is 49.6 Å². The summed E-state index contributed by atoms with van der Waals surface area (Å²) in [6.45, 7) is 3.31. The van der Waals surface area contributed by atoms with Crippen molar-refractivity contribution in [2.24, 2.45) is 0 Å². The van der Waals surface area contributed by atoms with Crippen LogP contribution in [0.15, 0.2) is 67.0 Å². The Morgan fingerprint density at radius 1 is 0.906 bits per heavy atom. The summed E-state index contributed by atoms with van der Waals surface area (Å²) in [5, 5.41) is 0. The molecule has 1 atom stereocenters. The van der Waals surface area contributed by atoms with Gasteiger partial charge < -0.3 is 9.47 Å². The molecule has 1 aromatic heterocycles. The van der Waals surface area contributed by atoms with Crippen molar-refractivity contribution in [2.45, 2.75) is 52.1 Å². The van der Waals surface area contributed by atoms with Gasteiger partial charge in [-0.15, -0.1) is 0 Å². The molecule has 32 heavy (non-hydrogen) atoms. The third kappa shape index (κ3) is 7.30. The van der Waals surface area contributed by atoms with Crippen LogP contribution in [0.25, 0.3) is 11.4 Å². The predicted molar refractivity (Wildman–Crippen MR) is 122 cm³/mol. The van der Waals surface area contributed by atoms with Crippen LogP contribution in [-0.2, 0) is 16.0 Å². The highest BCUT2D eigenvalue weighted by Gasteiger charge is 2.11. The first kappa shape index (κ1) is 23.1. The normalized spacial score (nSPS) is 11.6. The lowest BCUT2D eigenvalue weighted by atomic mass is 10.1. The van der Waals surface area contributed by atoms with Gasteiger partial charge in [0.2, 0.25) is 0 Å². The molecule has 0 aliphatic carbocycles. The van der Waals surface area contributed by atoms with Gasteiger partial charge in [-0.25, -0.2) is 14.8 Å². The van der Waals surface area contributed by atoms with E-state index in [4.69, 9.17) is 9.47 Å². The van der Waals surface area contributed by atoms with E-state index < -0.39 is 0 Å². The Hall–Kier alpha value is -3.54. The van der Waals surface area contributed by atoms with Crippen LogP contribution < -0.4 is 4.74 Å². The van der Waals surface area contributed by atoms with E-state index in [1.54, 1.807) is 24.3 Å². The van der Waals surface area contributed by atoms with E-state index in [1.165, 1.54) is 6.92 Å². The summed E-state index contributed by atoms with van der Waals surface area (Å²) >= 11 is 0. The molecular formula is C26H28N2O4. The maximum atomic E-state index is 12.1. The lowest BCUT2D eigenvalue weighted by molar-refractivity contribution is -0.131. The van der Waals surface area contributed by atoms with Gasteiger partial charge in [0.1, 0.15) is 5.75 Å². The SMILES string of the molecule is CC(=O)Oc1ccc(-c2ncc(CCCCCC(C)OC(=O)c3ccccc3)cn2)cc1. The van der Waals surface area contributed by atoms with Crippen LogP contribution in [0.2, 0.25) is 0 Å². The van der Waals surface area contributed by atoms with Gasteiger partial charge in [0, 0.05) is 24.9 Å². The summed E-state index contributed by atoms with van der Waals surface area (Å²) in [4.78, 5) is 32.0. The standard InChI is InChI=1S/C26H28N2O4/c1-19(31-26(30)23-11-7-4-8-12-23)9-5-3-6-10-21-17-27-25(28-18-21)22-13-15-24(16-14-22)32-20(2)29/h4,7-8,11-19H,3,5-6,9-10H2,1-2H3. The number of ether oxygens (including phenoxy) is 2. The zero-order valence-corrected chi connectivity index (χ0v) is 18.5. The Balaban J connectivity index is 1.36. The Morgan fingerprint density at radius 2 is 1.59 bits per heavy atom. The Morgan fingerprint density at radius 3 is 2.25 bits per heavy atom. The van der Waals surface area contributed by atoms with Gasteiger partial charge in [0.05, 0.1) is 11.7 Å². The van der Waals surface area contributed by atoms with E-state index in [0.29, 0.717) is 17.1 Å². The highest BCUT2D eigenvalue weighted by atomic mass is 16.5. The van der Waals surface area contributed by atoms with Gasteiger partial charge in [-0.2, -0.15) is 0 Å². The second kappa shape index (κ2) is 11.7. The van der Waals surface area contributed by atoms with Crippen LogP contribution in [-0.4, -0.2) is 28.0 Å². The highest BCUT2D eigenvalue weighted by Crippen LogP contribution is 2.20. The molecular weight excluding hydrogens is 404 g/mol. The number of hydrogen-bond donors (Lipinski definition) is 0. The van der Waals surface area contributed by atoms with Crippen LogP contribution in [0, 0.1) is 0 Å². The maximum absolute atomic E-state index is 12.1. The lowest BCUT2D eigenvalue weighted by Gasteiger charge is -2.13. The fourth-order valence-corrected chi connectivity index (χ4v) is 3.29. The van der Waals surface area contributed by atoms with Gasteiger partial charge in [-0.3, -0.25) is 4.79 Å². The van der Waals surface area contributed by atoms with Crippen molar-refractivity contribution >= 4 is 11.9 Å². The summed E-state index contributed by atoms with van der Waals surface area (Å²) in [5.74, 6) is 0.525. The molecule has 1 heterocycles. The first-order valence-corrected chi connectivity index (χ1v) is 10.9. The average Bonchev–Trinajstić information content (AvgIpc) is 2.80. The van der Waals surface area contributed by atoms with Crippen molar-refractivity contribution in [3.8, 4) is 17.1 Å². The van der Waals surface area contributed by atoms with E-state index in [2.05, 4.69) is 9.97 Å². The number of aromatic nitrogens is 2. The molecule has 0 amide bonds. The number of carbonyl (C=O) groups excluding carboxylic acids is 2. The van der Waals surface area contributed by atoms with E-state index in [9.17, 15) is 9.59 Å². The van der Waals surface area contributed by atoms with Crippen LogP contribution in [0.3, 0.4) is 0 Å². The summed E-state index contributed by atoms with van der Waals surface area (Å²) in [7, 11) is 0. The average molecular weight is 433 g/mol. The first-order valence-electron chi connectivity index (χ1n) is 10.9. The van der Waals surface area contributed by atoms with E-state index in [0.717, 1.165) is 43.2 Å². The smallest absolute Gasteiger partial charge is 0.338 e. The zero-order valence-electron chi connectivity index (χ0n) is 18.5. The number of benzene rings is 2. The van der Waals surface area contributed by atoms with Crippen LogP contribution in [0.4, 0.5) is 0 Å². The largest absolute Gasteiger partial charge is 0.459 e. The molecule has 0 bridgehead atoms. The highest BCUT2D eigenvalue weighted by molar-refractivity contribution is 5.89. The zero-order chi connectivity index (χ0) is 22.8. The molecule has 1 unspecified atom stereocenters. The number of carbonyl (C=O) groups is 2. The molecule has 6 nitrogen and oxygen atoms in total. The molecule has 0 saturated carbocycles. The molecule has 2 aromatic carbocycles. The quantitative estimate of drug-likeness (QED) is 0.242. The van der Waals surface area contributed by atoms with Crippen LogP contribution >= 0.6 is 0 Å². The first-order chi connectivity index (χ1) is 15.5. The van der Waals surface area contributed by atoms with Crippen molar-refractivity contribution < 1.29 is 19.1 Å². The molecule has 0 aliphatic rings. The third-order valence-electron chi connectivity index (χ3n) is 4.97. The van der Waals surface area contributed by atoms with Crippen molar-refractivity contribution in [3.05, 3.63) is 78.1 Å². The van der Waals surface area contributed by atoms with Gasteiger partial charge in [-0.05, 0) is 74.6 Å². The van der Waals surface area contributed by atoms with E-state index >= 15 is 0 Å². The molecule has 0 N–H and O–H groups in total. The minimum absolute atomic E-state index is 0.0995. The fraction of sp³-hybridized carbons (Fsp3) is 0.308. The van der Waals surface area contributed by atoms with Crippen molar-refractivity contribution in [2.75, 3.05) is 0 Å². The molecule has 0 spiro atoms. The Labute approximate surface area is 188 Å². The Bertz CT molecular complexity index is 1000. The second-order valence-electron chi connectivity index (χ2n) is 7.71. The summed E-state index contributed by atoms with van der Waals surface area (Å²) in [6.07, 6.45) is 8.43. The fourth-order valence-electron chi connectivity index (χ4n) is 3.29. The monoisotopic (exact) mass is 432 g/mol. The maximum Gasteiger partial charge on any atom is 0.338 e. The number of rotatable bonds is 10. The van der Waals surface area contributed by atoms with Crippen molar-refractivity contribution in [3.63, 3.8) is 0 Å². The third-order valence-corrected chi connectivity index (χ3v) is 4.97. The molecule has 0 aliphatic heterocycles. The lowest BCUT2D eigenvalue weighted by Crippen LogP contribution is -2.14. The summed E-state index contributed by atoms with van der Waals surface area (Å²) < 4.78 is 10.5. The topological polar surface area (TPSA) is 78.4 Å². The van der Waals surface area contributed by atoms with Crippen molar-refractivity contribution in [1.82, 2.24) is 9.97 Å². The predicted octanol–water partition coefficient (Wildman–Crippen LogP) is 5.42. The summed E-state index contributed by atoms with van der Waals surface area (Å²) in [6, 6.07) is 16.2. The number of nitrogens with zero attached hydrogens (tertiary/aromatic N) is 2. The molecule has 166 valence electrons. The number of aryl methyl sites for hydroxylation is 1. The number of esters is 2. The van der Waals surface area contributed by atoms with E-state index in [-0.39, 0.29) is 18.0 Å². The molecule has 0 fully saturated rings. The molecule has 0 radical (unpaired) electrons. The minimum atomic E-state index is -0.346. The molecule has 3 rings (SSSR count). The van der Waals surface area contributed by atoms with Gasteiger partial charge in [0.15, 0.2) is 5.82 Å². The van der Waals surface area contributed by atoms with Crippen LogP contribution in [0.5, 0.6) is 5.75 Å². The summed E-state index contributed by atoms with van der Waals surface area (Å²) in [5.41, 5.74) is 2.54. The number of hydrogen-bond acceptors (Lipinski definition) is 6. The molecule has 0 saturated heterocycles. The molecule has 6 heteroatoms. The minimum Gasteiger partial charge on any atom is -0.459 e. The Kier molecular flexibility index (Phi) is 8.49. The molecule has 3 aromatic rings. The van der Waals surface area contributed by atoms with Gasteiger partial charge in [0.25, 0.3) is 0 Å². The number of unbranched alkanes of at least 4 members (excludes halogenated alkanes) is 2. The van der Waals surface area contributed by atoms with Gasteiger partial charge in [-0.1, -0.05) is 24.6 Å². The second-order valence-corrected chi connectivity index (χ2v) is 7.71. The van der Waals surface area contributed by atoms with Crippen molar-refractivity contribution in [1.29, 1.82) is 0 Å².